The zero-order chi connectivity index (χ0) is 19.1. The topological polar surface area (TPSA) is 82.7 Å². The monoisotopic (exact) mass is 394 g/mol. The maximum Gasteiger partial charge on any atom is 0.175 e. The van der Waals surface area contributed by atoms with E-state index in [4.69, 9.17) is 9.98 Å². The molecule has 28 heavy (non-hydrogen) atoms. The molecule has 2 aromatic heterocycles. The minimum Gasteiger partial charge on any atom is -0.328 e. The molecular formula is C19H22N8S. The first-order valence-corrected chi connectivity index (χ1v) is 10.2. The molecule has 0 aliphatic carbocycles. The summed E-state index contributed by atoms with van der Waals surface area (Å²) < 4.78 is 6.20. The van der Waals surface area contributed by atoms with Crippen molar-refractivity contribution in [3.05, 3.63) is 53.3 Å². The van der Waals surface area contributed by atoms with Crippen molar-refractivity contribution >= 4 is 28.2 Å². The van der Waals surface area contributed by atoms with Crippen molar-refractivity contribution in [2.45, 2.75) is 19.4 Å². The summed E-state index contributed by atoms with van der Waals surface area (Å²) in [5, 5.41) is 12.2. The average Bonchev–Trinajstić information content (AvgIpc) is 3.42. The summed E-state index contributed by atoms with van der Waals surface area (Å²) in [7, 11) is 1.94. The SMILES string of the molecule is Cc1cc(NC2=NC(C3=CCCNC3)=CN3C2=NCC3c2cnn(C)c2)sn1. The molecule has 144 valence electrons. The molecule has 2 aromatic rings. The fourth-order valence-electron chi connectivity index (χ4n) is 3.66. The third-order valence-corrected chi connectivity index (χ3v) is 5.83. The number of rotatable bonds is 3. The van der Waals surface area contributed by atoms with Gasteiger partial charge < -0.3 is 15.5 Å². The lowest BCUT2D eigenvalue weighted by Gasteiger charge is -2.29. The van der Waals surface area contributed by atoms with Crippen LogP contribution in [0.5, 0.6) is 0 Å². The van der Waals surface area contributed by atoms with Crippen LogP contribution in [0.15, 0.2) is 52.0 Å². The van der Waals surface area contributed by atoms with E-state index in [0.29, 0.717) is 6.54 Å². The van der Waals surface area contributed by atoms with Crippen molar-refractivity contribution in [1.29, 1.82) is 0 Å². The highest BCUT2D eigenvalue weighted by atomic mass is 32.1. The lowest BCUT2D eigenvalue weighted by atomic mass is 10.1. The summed E-state index contributed by atoms with van der Waals surface area (Å²) in [6.45, 7) is 4.52. The minimum absolute atomic E-state index is 0.131. The van der Waals surface area contributed by atoms with E-state index in [1.807, 2.05) is 30.9 Å². The molecule has 5 rings (SSSR count). The highest BCUT2D eigenvalue weighted by Gasteiger charge is 2.35. The number of aryl methyl sites for hydroxylation is 2. The number of nitrogens with one attached hydrogen (secondary N) is 2. The standard InChI is InChI=1S/C19H22N8S/c1-12-6-17(28-25-12)24-18-19-21-9-16(14-8-22-26(2)10-14)27(19)11-15(23-18)13-4-3-5-20-7-13/h4,6,8,10-11,16,20H,3,5,7,9H2,1-2H3,(H,23,24). The summed E-state index contributed by atoms with van der Waals surface area (Å²) in [4.78, 5) is 12.0. The molecule has 5 heterocycles. The fraction of sp³-hybridized carbons (Fsp3) is 0.368. The van der Waals surface area contributed by atoms with Crippen LogP contribution in [0.25, 0.3) is 0 Å². The van der Waals surface area contributed by atoms with Gasteiger partial charge in [0.25, 0.3) is 0 Å². The van der Waals surface area contributed by atoms with Crippen molar-refractivity contribution in [3.63, 3.8) is 0 Å². The second kappa shape index (κ2) is 6.99. The lowest BCUT2D eigenvalue weighted by molar-refractivity contribution is 0.455. The Balaban J connectivity index is 1.52. The van der Waals surface area contributed by atoms with Crippen molar-refractivity contribution in [2.75, 3.05) is 25.0 Å². The summed E-state index contributed by atoms with van der Waals surface area (Å²) in [5.41, 5.74) is 4.35. The first kappa shape index (κ1) is 17.3. The van der Waals surface area contributed by atoms with E-state index in [0.717, 1.165) is 53.1 Å². The van der Waals surface area contributed by atoms with E-state index >= 15 is 0 Å². The molecule has 0 bridgehead atoms. The molecule has 0 amide bonds. The number of hydrogen-bond acceptors (Lipinski definition) is 8. The Kier molecular flexibility index (Phi) is 4.33. The van der Waals surface area contributed by atoms with Crippen LogP contribution in [0.3, 0.4) is 0 Å². The Hall–Kier alpha value is -2.78. The number of amidine groups is 2. The Morgan fingerprint density at radius 2 is 2.29 bits per heavy atom. The van der Waals surface area contributed by atoms with Gasteiger partial charge in [-0.15, -0.1) is 0 Å². The van der Waals surface area contributed by atoms with Crippen LogP contribution in [0.2, 0.25) is 0 Å². The Bertz CT molecular complexity index is 1020. The van der Waals surface area contributed by atoms with E-state index in [1.165, 1.54) is 17.1 Å². The molecule has 9 heteroatoms. The highest BCUT2D eigenvalue weighted by Crippen LogP contribution is 2.32. The molecule has 0 saturated carbocycles. The third kappa shape index (κ3) is 3.16. The normalized spacial score (nSPS) is 21.6. The Morgan fingerprint density at radius 1 is 1.36 bits per heavy atom. The number of aliphatic imine (C=N–C) groups is 2. The zero-order valence-electron chi connectivity index (χ0n) is 15.9. The van der Waals surface area contributed by atoms with Crippen molar-refractivity contribution in [2.24, 2.45) is 17.0 Å². The number of fused-ring (bicyclic) bond motifs is 1. The quantitative estimate of drug-likeness (QED) is 0.834. The van der Waals surface area contributed by atoms with E-state index in [9.17, 15) is 0 Å². The molecule has 1 atom stereocenters. The zero-order valence-corrected chi connectivity index (χ0v) is 16.7. The van der Waals surface area contributed by atoms with Crippen LogP contribution in [-0.4, -0.2) is 50.4 Å². The van der Waals surface area contributed by atoms with E-state index in [1.54, 1.807) is 0 Å². The lowest BCUT2D eigenvalue weighted by Crippen LogP contribution is -2.38. The number of anilines is 1. The Morgan fingerprint density at radius 3 is 3.00 bits per heavy atom. The van der Waals surface area contributed by atoms with Gasteiger partial charge in [-0.2, -0.15) is 9.47 Å². The van der Waals surface area contributed by atoms with E-state index < -0.39 is 0 Å². The van der Waals surface area contributed by atoms with Crippen LogP contribution in [-0.2, 0) is 7.05 Å². The highest BCUT2D eigenvalue weighted by molar-refractivity contribution is 7.10. The maximum atomic E-state index is 4.93. The molecular weight excluding hydrogens is 372 g/mol. The largest absolute Gasteiger partial charge is 0.328 e. The second-order valence-electron chi connectivity index (χ2n) is 7.16. The van der Waals surface area contributed by atoms with Crippen molar-refractivity contribution < 1.29 is 0 Å². The molecule has 0 saturated heterocycles. The average molecular weight is 395 g/mol. The van der Waals surface area contributed by atoms with Crippen LogP contribution >= 0.6 is 11.5 Å². The molecule has 3 aliphatic heterocycles. The van der Waals surface area contributed by atoms with Gasteiger partial charge >= 0.3 is 0 Å². The molecule has 0 fully saturated rings. The molecule has 0 radical (unpaired) electrons. The number of aromatic nitrogens is 3. The molecule has 8 nitrogen and oxygen atoms in total. The first-order valence-electron chi connectivity index (χ1n) is 9.40. The number of nitrogens with zero attached hydrogens (tertiary/aromatic N) is 6. The van der Waals surface area contributed by atoms with Crippen molar-refractivity contribution in [1.82, 2.24) is 24.4 Å². The van der Waals surface area contributed by atoms with Gasteiger partial charge in [0.2, 0.25) is 0 Å². The van der Waals surface area contributed by atoms with Gasteiger partial charge in [-0.05, 0) is 43.1 Å². The summed E-state index contributed by atoms with van der Waals surface area (Å²) in [5.74, 6) is 1.65. The number of hydrogen-bond donors (Lipinski definition) is 2. The first-order chi connectivity index (χ1) is 13.7. The summed E-state index contributed by atoms with van der Waals surface area (Å²) in [6.07, 6.45) is 9.40. The molecule has 0 aromatic carbocycles. The third-order valence-electron chi connectivity index (χ3n) is 5.04. The van der Waals surface area contributed by atoms with Gasteiger partial charge in [0.1, 0.15) is 5.00 Å². The Labute approximate surface area is 167 Å². The minimum atomic E-state index is 0.131. The van der Waals surface area contributed by atoms with E-state index in [-0.39, 0.29) is 6.04 Å². The van der Waals surface area contributed by atoms with Crippen LogP contribution < -0.4 is 10.6 Å². The van der Waals surface area contributed by atoms with Gasteiger partial charge in [-0.25, -0.2) is 4.99 Å². The van der Waals surface area contributed by atoms with Crippen molar-refractivity contribution in [3.8, 4) is 0 Å². The maximum absolute atomic E-state index is 4.93. The predicted molar refractivity (Wildman–Crippen MR) is 112 cm³/mol. The molecule has 0 spiro atoms. The van der Waals surface area contributed by atoms with Gasteiger partial charge in [0.15, 0.2) is 11.7 Å². The van der Waals surface area contributed by atoms with Gasteiger partial charge in [0, 0.05) is 31.6 Å². The summed E-state index contributed by atoms with van der Waals surface area (Å²) >= 11 is 1.44. The second-order valence-corrected chi connectivity index (χ2v) is 7.97. The van der Waals surface area contributed by atoms with Crippen LogP contribution in [0.4, 0.5) is 5.00 Å². The fourth-order valence-corrected chi connectivity index (χ4v) is 4.32. The van der Waals surface area contributed by atoms with Crippen LogP contribution in [0.1, 0.15) is 23.7 Å². The van der Waals surface area contributed by atoms with Gasteiger partial charge in [-0.3, -0.25) is 9.67 Å². The molecule has 3 aliphatic rings. The molecule has 2 N–H and O–H groups in total. The van der Waals surface area contributed by atoms with E-state index in [2.05, 4.69) is 43.5 Å². The predicted octanol–water partition coefficient (Wildman–Crippen LogP) is 2.23. The molecule has 1 unspecified atom stereocenters. The van der Waals surface area contributed by atoms with Gasteiger partial charge in [0.05, 0.1) is 30.2 Å². The summed E-state index contributed by atoms with van der Waals surface area (Å²) in [6, 6.07) is 2.16. The van der Waals surface area contributed by atoms with Crippen LogP contribution in [0, 0.1) is 6.92 Å². The smallest absolute Gasteiger partial charge is 0.175 e. The van der Waals surface area contributed by atoms with Gasteiger partial charge in [-0.1, -0.05) is 6.08 Å².